The average Bonchev–Trinajstić information content (AvgIpc) is 3.11. The van der Waals surface area contributed by atoms with Crippen molar-refractivity contribution in [3.63, 3.8) is 0 Å². The van der Waals surface area contributed by atoms with E-state index < -0.39 is 0 Å². The second-order valence-electron chi connectivity index (χ2n) is 5.03. The first-order valence-corrected chi connectivity index (χ1v) is 6.89. The monoisotopic (exact) mass is 275 g/mol. The topological polar surface area (TPSA) is 46.0 Å². The largest absolute Gasteiger partial charge is 0.370 e. The highest BCUT2D eigenvalue weighted by molar-refractivity contribution is 5.47. The van der Waals surface area contributed by atoms with Gasteiger partial charge in [-0.3, -0.25) is 4.68 Å². The smallest absolute Gasteiger partial charge is 0.123 e. The Morgan fingerprint density at radius 1 is 1.30 bits per heavy atom. The Balaban J connectivity index is 1.46. The Morgan fingerprint density at radius 3 is 2.90 bits per heavy atom. The van der Waals surface area contributed by atoms with Crippen LogP contribution in [0.15, 0.2) is 36.7 Å². The van der Waals surface area contributed by atoms with Gasteiger partial charge in [-0.25, -0.2) is 4.39 Å². The van der Waals surface area contributed by atoms with Crippen molar-refractivity contribution in [2.75, 3.05) is 24.5 Å². The number of nitrogens with zero attached hydrogens (tertiary/aromatic N) is 4. The van der Waals surface area contributed by atoms with Crippen molar-refractivity contribution >= 4 is 5.69 Å². The molecular formula is C14H18FN5. The third-order valence-electron chi connectivity index (χ3n) is 3.63. The Bertz CT molecular complexity index is 525. The van der Waals surface area contributed by atoms with E-state index in [1.54, 1.807) is 6.20 Å². The van der Waals surface area contributed by atoms with E-state index in [4.69, 9.17) is 0 Å². The molecule has 0 bridgehead atoms. The summed E-state index contributed by atoms with van der Waals surface area (Å²) in [5, 5.41) is 11.2. The molecule has 3 rings (SSSR count). The number of hydrogen-bond donors (Lipinski definition) is 1. The van der Waals surface area contributed by atoms with Crippen LogP contribution in [-0.2, 0) is 6.54 Å². The van der Waals surface area contributed by atoms with Crippen molar-refractivity contribution in [1.29, 1.82) is 0 Å². The summed E-state index contributed by atoms with van der Waals surface area (Å²) >= 11 is 0. The second-order valence-corrected chi connectivity index (χ2v) is 5.03. The number of halogens is 1. The van der Waals surface area contributed by atoms with Gasteiger partial charge in [0.05, 0.1) is 12.7 Å². The van der Waals surface area contributed by atoms with Crippen LogP contribution in [0.25, 0.3) is 0 Å². The van der Waals surface area contributed by atoms with Crippen molar-refractivity contribution < 1.29 is 4.39 Å². The summed E-state index contributed by atoms with van der Waals surface area (Å²) in [6, 6.07) is 7.19. The van der Waals surface area contributed by atoms with Crippen molar-refractivity contribution in [3.8, 4) is 0 Å². The van der Waals surface area contributed by atoms with Crippen LogP contribution < -0.4 is 10.2 Å². The van der Waals surface area contributed by atoms with Crippen LogP contribution in [0.4, 0.5) is 10.1 Å². The summed E-state index contributed by atoms with van der Waals surface area (Å²) in [5.74, 6) is -0.185. The fourth-order valence-corrected chi connectivity index (χ4v) is 2.55. The molecule has 0 amide bonds. The predicted molar refractivity (Wildman–Crippen MR) is 75.0 cm³/mol. The van der Waals surface area contributed by atoms with E-state index in [2.05, 4.69) is 20.5 Å². The zero-order chi connectivity index (χ0) is 13.8. The molecular weight excluding hydrogens is 257 g/mol. The molecule has 1 aromatic heterocycles. The number of anilines is 1. The molecule has 1 fully saturated rings. The van der Waals surface area contributed by atoms with E-state index in [0.717, 1.165) is 38.3 Å². The number of rotatable bonds is 5. The number of hydrogen-bond acceptors (Lipinski definition) is 4. The number of benzene rings is 1. The van der Waals surface area contributed by atoms with Gasteiger partial charge in [0.15, 0.2) is 0 Å². The SMILES string of the molecule is Fc1ccc(N2CC[C@@H](NCCn3ccnn3)C2)cc1. The lowest BCUT2D eigenvalue weighted by molar-refractivity contribution is 0.490. The lowest BCUT2D eigenvalue weighted by Crippen LogP contribution is -2.34. The average molecular weight is 275 g/mol. The van der Waals surface area contributed by atoms with Crippen molar-refractivity contribution in [1.82, 2.24) is 20.3 Å². The van der Waals surface area contributed by atoms with Crippen LogP contribution in [0.5, 0.6) is 0 Å². The van der Waals surface area contributed by atoms with Crippen molar-refractivity contribution in [2.24, 2.45) is 0 Å². The Hall–Kier alpha value is -1.95. The maximum Gasteiger partial charge on any atom is 0.123 e. The predicted octanol–water partition coefficient (Wildman–Crippen LogP) is 1.29. The molecule has 2 heterocycles. The molecule has 0 aliphatic carbocycles. The van der Waals surface area contributed by atoms with Gasteiger partial charge < -0.3 is 10.2 Å². The molecule has 1 aliphatic heterocycles. The molecule has 1 saturated heterocycles. The van der Waals surface area contributed by atoms with Gasteiger partial charge in [-0.05, 0) is 30.7 Å². The molecule has 1 aliphatic rings. The molecule has 1 atom stereocenters. The van der Waals surface area contributed by atoms with Crippen LogP contribution in [0, 0.1) is 5.82 Å². The summed E-state index contributed by atoms with van der Waals surface area (Å²) in [7, 11) is 0. The minimum Gasteiger partial charge on any atom is -0.370 e. The zero-order valence-electron chi connectivity index (χ0n) is 11.2. The summed E-state index contributed by atoms with van der Waals surface area (Å²) in [5.41, 5.74) is 1.09. The van der Waals surface area contributed by atoms with Crippen LogP contribution in [0.1, 0.15) is 6.42 Å². The molecule has 0 spiro atoms. The minimum atomic E-state index is -0.185. The van der Waals surface area contributed by atoms with Gasteiger partial charge in [0, 0.05) is 37.6 Å². The Labute approximate surface area is 117 Å². The molecule has 20 heavy (non-hydrogen) atoms. The van der Waals surface area contributed by atoms with E-state index in [-0.39, 0.29) is 5.82 Å². The van der Waals surface area contributed by atoms with E-state index in [1.165, 1.54) is 12.1 Å². The quantitative estimate of drug-likeness (QED) is 0.893. The minimum absolute atomic E-state index is 0.185. The number of nitrogens with one attached hydrogen (secondary N) is 1. The van der Waals surface area contributed by atoms with Gasteiger partial charge in [0.25, 0.3) is 0 Å². The molecule has 0 saturated carbocycles. The van der Waals surface area contributed by atoms with E-state index in [1.807, 2.05) is 23.0 Å². The third kappa shape index (κ3) is 3.14. The summed E-state index contributed by atoms with van der Waals surface area (Å²) in [4.78, 5) is 2.28. The maximum absolute atomic E-state index is 12.9. The first-order valence-electron chi connectivity index (χ1n) is 6.89. The molecule has 1 N–H and O–H groups in total. The van der Waals surface area contributed by atoms with E-state index in [9.17, 15) is 4.39 Å². The molecule has 6 heteroatoms. The maximum atomic E-state index is 12.9. The lowest BCUT2D eigenvalue weighted by atomic mass is 10.2. The Morgan fingerprint density at radius 2 is 2.15 bits per heavy atom. The fraction of sp³-hybridized carbons (Fsp3) is 0.429. The first kappa shape index (κ1) is 13.1. The van der Waals surface area contributed by atoms with Gasteiger partial charge in [0.2, 0.25) is 0 Å². The molecule has 0 radical (unpaired) electrons. The normalized spacial score (nSPS) is 18.6. The standard InChI is InChI=1S/C14H18FN5/c15-12-1-3-14(4-2-12)19-8-5-13(11-19)16-6-9-20-10-7-17-18-20/h1-4,7,10,13,16H,5-6,8-9,11H2/t13-/m1/s1. The second kappa shape index (κ2) is 6.00. The van der Waals surface area contributed by atoms with Gasteiger partial charge >= 0.3 is 0 Å². The van der Waals surface area contributed by atoms with Crippen LogP contribution in [0.3, 0.4) is 0 Å². The van der Waals surface area contributed by atoms with E-state index >= 15 is 0 Å². The highest BCUT2D eigenvalue weighted by atomic mass is 19.1. The van der Waals surface area contributed by atoms with Gasteiger partial charge in [-0.1, -0.05) is 5.21 Å². The van der Waals surface area contributed by atoms with E-state index in [0.29, 0.717) is 6.04 Å². The van der Waals surface area contributed by atoms with Gasteiger partial charge in [-0.15, -0.1) is 5.10 Å². The van der Waals surface area contributed by atoms with Crippen LogP contribution in [0.2, 0.25) is 0 Å². The summed E-state index contributed by atoms with van der Waals surface area (Å²) < 4.78 is 14.7. The highest BCUT2D eigenvalue weighted by Gasteiger charge is 2.21. The summed E-state index contributed by atoms with van der Waals surface area (Å²) in [6.45, 7) is 3.67. The molecule has 0 unspecified atom stereocenters. The first-order chi connectivity index (χ1) is 9.81. The third-order valence-corrected chi connectivity index (χ3v) is 3.63. The molecule has 2 aromatic rings. The molecule has 106 valence electrons. The Kier molecular flexibility index (Phi) is 3.92. The van der Waals surface area contributed by atoms with Crippen LogP contribution in [-0.4, -0.2) is 40.7 Å². The highest BCUT2D eigenvalue weighted by Crippen LogP contribution is 2.20. The molecule has 5 nitrogen and oxygen atoms in total. The van der Waals surface area contributed by atoms with Gasteiger partial charge in [0.1, 0.15) is 5.82 Å². The van der Waals surface area contributed by atoms with Crippen molar-refractivity contribution in [2.45, 2.75) is 19.0 Å². The number of aromatic nitrogens is 3. The van der Waals surface area contributed by atoms with Crippen LogP contribution >= 0.6 is 0 Å². The summed E-state index contributed by atoms with van der Waals surface area (Å²) in [6.07, 6.45) is 4.65. The fourth-order valence-electron chi connectivity index (χ4n) is 2.55. The zero-order valence-corrected chi connectivity index (χ0v) is 11.2. The molecule has 1 aromatic carbocycles. The van der Waals surface area contributed by atoms with Crippen molar-refractivity contribution in [3.05, 3.63) is 42.5 Å². The lowest BCUT2D eigenvalue weighted by Gasteiger charge is -2.19. The van der Waals surface area contributed by atoms with Gasteiger partial charge in [-0.2, -0.15) is 0 Å².